The summed E-state index contributed by atoms with van der Waals surface area (Å²) in [7, 11) is 0. The highest BCUT2D eigenvalue weighted by molar-refractivity contribution is 6.05. The first kappa shape index (κ1) is 26.6. The van der Waals surface area contributed by atoms with E-state index in [4.69, 9.17) is 18.9 Å². The summed E-state index contributed by atoms with van der Waals surface area (Å²) in [5.74, 6) is -2.03. The molecule has 0 N–H and O–H groups in total. The molecule has 34 heavy (non-hydrogen) atoms. The van der Waals surface area contributed by atoms with E-state index in [-0.39, 0.29) is 22.6 Å². The van der Waals surface area contributed by atoms with Crippen molar-refractivity contribution in [1.82, 2.24) is 0 Å². The molecular weight excluding hydrogens is 440 g/mol. The molecule has 8 nitrogen and oxygen atoms in total. The van der Waals surface area contributed by atoms with E-state index in [1.165, 1.54) is 26.0 Å². The predicted molar refractivity (Wildman–Crippen MR) is 125 cm³/mol. The van der Waals surface area contributed by atoms with Crippen molar-refractivity contribution in [3.8, 4) is 22.6 Å². The Balaban J connectivity index is 2.88. The molecule has 2 rings (SSSR count). The summed E-state index contributed by atoms with van der Waals surface area (Å²) in [6, 6.07) is 6.01. The third-order valence-electron chi connectivity index (χ3n) is 4.52. The fraction of sp³-hybridized carbons (Fsp3) is 0.385. The van der Waals surface area contributed by atoms with E-state index in [1.807, 2.05) is 0 Å². The van der Waals surface area contributed by atoms with Crippen LogP contribution < -0.4 is 9.47 Å². The number of hydrogen-bond donors (Lipinski definition) is 0. The van der Waals surface area contributed by atoms with Gasteiger partial charge in [0.15, 0.2) is 0 Å². The SMILES string of the molecule is CC(=O)Oc1cc(C)c(-c2c(C)cc(OC(C)=O)cc2C(=O)OC(C)C)c(C(=O)OC(C)C)c1. The summed E-state index contributed by atoms with van der Waals surface area (Å²) < 4.78 is 21.3. The van der Waals surface area contributed by atoms with E-state index in [2.05, 4.69) is 0 Å². The molecular formula is C26H30O8. The first-order chi connectivity index (χ1) is 15.8. The number of carbonyl (C=O) groups excluding carboxylic acids is 4. The standard InChI is InChI=1S/C26H30O8/c1-13(2)31-25(29)21-11-19(33-17(7)27)9-15(5)23(21)24-16(6)10-20(34-18(8)28)12-22(24)26(30)32-14(3)4/h9-14H,1-8H3. The number of ether oxygens (including phenoxy) is 4. The van der Waals surface area contributed by atoms with Crippen molar-refractivity contribution in [2.75, 3.05) is 0 Å². The smallest absolute Gasteiger partial charge is 0.339 e. The summed E-state index contributed by atoms with van der Waals surface area (Å²) in [5.41, 5.74) is 2.21. The van der Waals surface area contributed by atoms with Gasteiger partial charge in [-0.25, -0.2) is 9.59 Å². The van der Waals surface area contributed by atoms with Crippen LogP contribution in [0, 0.1) is 13.8 Å². The lowest BCUT2D eigenvalue weighted by atomic mass is 9.88. The van der Waals surface area contributed by atoms with Crippen molar-refractivity contribution in [3.63, 3.8) is 0 Å². The molecule has 0 radical (unpaired) electrons. The zero-order chi connectivity index (χ0) is 25.7. The van der Waals surface area contributed by atoms with Crippen molar-refractivity contribution < 1.29 is 38.1 Å². The van der Waals surface area contributed by atoms with Crippen LogP contribution in [0.3, 0.4) is 0 Å². The fourth-order valence-electron chi connectivity index (χ4n) is 3.50. The molecule has 0 spiro atoms. The lowest BCUT2D eigenvalue weighted by Gasteiger charge is -2.21. The Labute approximate surface area is 199 Å². The van der Waals surface area contributed by atoms with Crippen LogP contribution >= 0.6 is 0 Å². The van der Waals surface area contributed by atoms with Crippen molar-refractivity contribution >= 4 is 23.9 Å². The second-order valence-corrected chi connectivity index (χ2v) is 8.42. The average molecular weight is 471 g/mol. The molecule has 0 aliphatic rings. The highest BCUT2D eigenvalue weighted by Gasteiger charge is 2.27. The third-order valence-corrected chi connectivity index (χ3v) is 4.52. The highest BCUT2D eigenvalue weighted by Crippen LogP contribution is 2.39. The van der Waals surface area contributed by atoms with Gasteiger partial charge in [0.05, 0.1) is 23.3 Å². The first-order valence-corrected chi connectivity index (χ1v) is 10.9. The van der Waals surface area contributed by atoms with E-state index in [0.717, 1.165) is 0 Å². The largest absolute Gasteiger partial charge is 0.459 e. The maximum absolute atomic E-state index is 13.1. The number of esters is 4. The Morgan fingerprint density at radius 2 is 0.941 bits per heavy atom. The minimum absolute atomic E-state index is 0.117. The maximum atomic E-state index is 13.1. The van der Waals surface area contributed by atoms with Gasteiger partial charge in [0.25, 0.3) is 0 Å². The van der Waals surface area contributed by atoms with Gasteiger partial charge in [-0.1, -0.05) is 0 Å². The van der Waals surface area contributed by atoms with Crippen molar-refractivity contribution in [3.05, 3.63) is 46.5 Å². The van der Waals surface area contributed by atoms with Crippen LogP contribution in [0.2, 0.25) is 0 Å². The molecule has 2 aromatic carbocycles. The van der Waals surface area contributed by atoms with Crippen LogP contribution in [0.25, 0.3) is 11.1 Å². The lowest BCUT2D eigenvalue weighted by Crippen LogP contribution is -2.17. The van der Waals surface area contributed by atoms with Gasteiger partial charge in [0, 0.05) is 25.0 Å². The normalized spacial score (nSPS) is 10.8. The minimum atomic E-state index is -0.645. The van der Waals surface area contributed by atoms with E-state index in [9.17, 15) is 19.2 Å². The Bertz CT molecular complexity index is 1040. The fourth-order valence-corrected chi connectivity index (χ4v) is 3.50. The Morgan fingerprint density at radius 3 is 1.21 bits per heavy atom. The first-order valence-electron chi connectivity index (χ1n) is 10.9. The summed E-state index contributed by atoms with van der Waals surface area (Å²) in [4.78, 5) is 49.2. The molecule has 182 valence electrons. The number of carbonyl (C=O) groups is 4. The van der Waals surface area contributed by atoms with E-state index >= 15 is 0 Å². The molecule has 0 atom stereocenters. The second-order valence-electron chi connectivity index (χ2n) is 8.42. The second kappa shape index (κ2) is 11.0. The van der Waals surface area contributed by atoms with Gasteiger partial charge in [0.1, 0.15) is 11.5 Å². The van der Waals surface area contributed by atoms with Crippen molar-refractivity contribution in [2.45, 2.75) is 67.6 Å². The van der Waals surface area contributed by atoms with E-state index < -0.39 is 36.1 Å². The van der Waals surface area contributed by atoms with Crippen LogP contribution in [0.1, 0.15) is 73.4 Å². The Morgan fingerprint density at radius 1 is 0.618 bits per heavy atom. The summed E-state index contributed by atoms with van der Waals surface area (Å²) in [6.45, 7) is 12.8. The highest BCUT2D eigenvalue weighted by atomic mass is 16.6. The summed E-state index contributed by atoms with van der Waals surface area (Å²) in [6.07, 6.45) is -0.813. The van der Waals surface area contributed by atoms with E-state index in [0.29, 0.717) is 22.3 Å². The summed E-state index contributed by atoms with van der Waals surface area (Å²) >= 11 is 0. The zero-order valence-corrected chi connectivity index (χ0v) is 20.7. The molecule has 0 amide bonds. The van der Waals surface area contributed by atoms with Crippen LogP contribution in [-0.4, -0.2) is 36.1 Å². The van der Waals surface area contributed by atoms with Gasteiger partial charge in [-0.15, -0.1) is 0 Å². The molecule has 0 saturated heterocycles. The maximum Gasteiger partial charge on any atom is 0.339 e. The number of benzene rings is 2. The van der Waals surface area contributed by atoms with Crippen LogP contribution in [0.15, 0.2) is 24.3 Å². The van der Waals surface area contributed by atoms with Crippen LogP contribution in [0.4, 0.5) is 0 Å². The lowest BCUT2D eigenvalue weighted by molar-refractivity contribution is -0.132. The topological polar surface area (TPSA) is 105 Å². The van der Waals surface area contributed by atoms with Gasteiger partial charge in [-0.2, -0.15) is 0 Å². The van der Waals surface area contributed by atoms with Gasteiger partial charge in [-0.3, -0.25) is 9.59 Å². The quantitative estimate of drug-likeness (QED) is 0.413. The van der Waals surface area contributed by atoms with E-state index in [1.54, 1.807) is 53.7 Å². The molecule has 0 heterocycles. The third kappa shape index (κ3) is 6.66. The molecule has 2 aromatic rings. The predicted octanol–water partition coefficient (Wildman–Crippen LogP) is 4.95. The molecule has 0 aromatic heterocycles. The Hall–Kier alpha value is -3.68. The number of hydrogen-bond acceptors (Lipinski definition) is 8. The molecule has 0 aliphatic heterocycles. The Kier molecular flexibility index (Phi) is 8.57. The van der Waals surface area contributed by atoms with Crippen LogP contribution in [0.5, 0.6) is 11.5 Å². The molecule has 0 saturated carbocycles. The number of rotatable bonds is 7. The van der Waals surface area contributed by atoms with Crippen LogP contribution in [-0.2, 0) is 19.1 Å². The average Bonchev–Trinajstić information content (AvgIpc) is 2.65. The van der Waals surface area contributed by atoms with Crippen molar-refractivity contribution in [1.29, 1.82) is 0 Å². The monoisotopic (exact) mass is 470 g/mol. The van der Waals surface area contributed by atoms with Gasteiger partial charge >= 0.3 is 23.9 Å². The van der Waals surface area contributed by atoms with Gasteiger partial charge < -0.3 is 18.9 Å². The van der Waals surface area contributed by atoms with Crippen molar-refractivity contribution in [2.24, 2.45) is 0 Å². The number of aryl methyl sites for hydroxylation is 2. The summed E-state index contributed by atoms with van der Waals surface area (Å²) in [5, 5.41) is 0. The molecule has 0 unspecified atom stereocenters. The molecule has 0 aliphatic carbocycles. The molecule has 0 bridgehead atoms. The van der Waals surface area contributed by atoms with Gasteiger partial charge in [-0.05, 0) is 76.9 Å². The van der Waals surface area contributed by atoms with Gasteiger partial charge in [0.2, 0.25) is 0 Å². The zero-order valence-electron chi connectivity index (χ0n) is 20.7. The molecule has 0 fully saturated rings. The molecule has 8 heteroatoms. The minimum Gasteiger partial charge on any atom is -0.459 e.